The third-order valence-corrected chi connectivity index (χ3v) is 5.07. The first-order valence-electron chi connectivity index (χ1n) is 11.7. The Morgan fingerprint density at radius 2 is 1.75 bits per heavy atom. The summed E-state index contributed by atoms with van der Waals surface area (Å²) >= 11 is 0. The van der Waals surface area contributed by atoms with E-state index in [1.54, 1.807) is 39.0 Å². The number of pyridine rings is 1. The van der Waals surface area contributed by atoms with Crippen LogP contribution in [0.25, 0.3) is 12.2 Å². The lowest BCUT2D eigenvalue weighted by Crippen LogP contribution is -2.55. The normalized spacial score (nSPS) is 12.6. The molecule has 0 saturated carbocycles. The Balaban J connectivity index is 2.18. The SMILES string of the molecule is C=Cc1cc(NC(=O)C(CCc2ccccc2)NC(=O)C(CN)NC(=O)OC(C)(C)C)cnc1C=C. The molecule has 2 rings (SSSR count). The lowest BCUT2D eigenvalue weighted by Gasteiger charge is -2.24. The van der Waals surface area contributed by atoms with Gasteiger partial charge in [0.15, 0.2) is 0 Å². The van der Waals surface area contributed by atoms with Gasteiger partial charge in [-0.15, -0.1) is 0 Å². The molecule has 2 aromatic rings. The highest BCUT2D eigenvalue weighted by molar-refractivity contribution is 5.98. The first kappa shape index (κ1) is 28.3. The van der Waals surface area contributed by atoms with Crippen molar-refractivity contribution >= 4 is 35.7 Å². The Kier molecular flexibility index (Phi) is 10.4. The average molecular weight is 494 g/mol. The maximum absolute atomic E-state index is 13.2. The van der Waals surface area contributed by atoms with Crippen LogP contribution in [0.15, 0.2) is 55.8 Å². The molecule has 0 bridgehead atoms. The number of nitrogens with one attached hydrogen (secondary N) is 3. The van der Waals surface area contributed by atoms with E-state index in [0.717, 1.165) is 5.56 Å². The van der Waals surface area contributed by atoms with Crippen molar-refractivity contribution in [3.8, 4) is 0 Å². The smallest absolute Gasteiger partial charge is 0.408 e. The molecule has 1 heterocycles. The minimum absolute atomic E-state index is 0.173. The van der Waals surface area contributed by atoms with Crippen LogP contribution in [0, 0.1) is 0 Å². The van der Waals surface area contributed by atoms with Crippen LogP contribution >= 0.6 is 0 Å². The lowest BCUT2D eigenvalue weighted by atomic mass is 10.0. The predicted octanol–water partition coefficient (Wildman–Crippen LogP) is 3.28. The molecular formula is C27H35N5O4. The number of benzene rings is 1. The molecule has 192 valence electrons. The number of nitrogens with zero attached hydrogens (tertiary/aromatic N) is 1. The van der Waals surface area contributed by atoms with E-state index in [1.165, 1.54) is 6.20 Å². The summed E-state index contributed by atoms with van der Waals surface area (Å²) in [6, 6.07) is 9.34. The summed E-state index contributed by atoms with van der Waals surface area (Å²) in [6.45, 7) is 12.4. The molecule has 2 atom stereocenters. The molecule has 2 unspecified atom stereocenters. The van der Waals surface area contributed by atoms with Crippen LogP contribution < -0.4 is 21.7 Å². The number of anilines is 1. The molecule has 9 nitrogen and oxygen atoms in total. The van der Waals surface area contributed by atoms with Crippen LogP contribution in [0.1, 0.15) is 44.0 Å². The number of alkyl carbamates (subject to hydrolysis) is 1. The van der Waals surface area contributed by atoms with Crippen molar-refractivity contribution in [3.63, 3.8) is 0 Å². The Morgan fingerprint density at radius 1 is 1.06 bits per heavy atom. The summed E-state index contributed by atoms with van der Waals surface area (Å²) < 4.78 is 5.21. The third kappa shape index (κ3) is 8.99. The van der Waals surface area contributed by atoms with Gasteiger partial charge in [-0.3, -0.25) is 14.6 Å². The number of carbonyl (C=O) groups excluding carboxylic acids is 3. The Morgan fingerprint density at radius 3 is 2.33 bits per heavy atom. The van der Waals surface area contributed by atoms with E-state index in [0.29, 0.717) is 29.8 Å². The van der Waals surface area contributed by atoms with E-state index >= 15 is 0 Å². The molecule has 0 spiro atoms. The number of hydrogen-bond acceptors (Lipinski definition) is 6. The fourth-order valence-electron chi connectivity index (χ4n) is 3.30. The largest absolute Gasteiger partial charge is 0.444 e. The number of aryl methyl sites for hydroxylation is 1. The fourth-order valence-corrected chi connectivity index (χ4v) is 3.30. The van der Waals surface area contributed by atoms with Crippen molar-refractivity contribution in [1.29, 1.82) is 0 Å². The fraction of sp³-hybridized carbons (Fsp3) is 0.333. The zero-order valence-electron chi connectivity index (χ0n) is 21.0. The van der Waals surface area contributed by atoms with Gasteiger partial charge in [0.05, 0.1) is 17.6 Å². The van der Waals surface area contributed by atoms with Crippen LogP contribution in [0.2, 0.25) is 0 Å². The van der Waals surface area contributed by atoms with Gasteiger partial charge < -0.3 is 26.4 Å². The van der Waals surface area contributed by atoms with Crippen molar-refractivity contribution in [2.45, 2.75) is 51.3 Å². The van der Waals surface area contributed by atoms with Crippen LogP contribution in [-0.4, -0.2) is 47.1 Å². The average Bonchev–Trinajstić information content (AvgIpc) is 2.84. The minimum atomic E-state index is -1.08. The van der Waals surface area contributed by atoms with Gasteiger partial charge in [-0.1, -0.05) is 49.6 Å². The first-order valence-corrected chi connectivity index (χ1v) is 11.7. The van der Waals surface area contributed by atoms with Crippen molar-refractivity contribution in [2.75, 3.05) is 11.9 Å². The summed E-state index contributed by atoms with van der Waals surface area (Å²) in [6.07, 6.45) is 4.79. The molecule has 3 amide bonds. The van der Waals surface area contributed by atoms with E-state index in [1.807, 2.05) is 30.3 Å². The number of amides is 3. The second kappa shape index (κ2) is 13.2. The van der Waals surface area contributed by atoms with E-state index in [-0.39, 0.29) is 6.54 Å². The molecule has 9 heteroatoms. The highest BCUT2D eigenvalue weighted by Gasteiger charge is 2.28. The molecule has 0 fully saturated rings. The van der Waals surface area contributed by atoms with E-state index < -0.39 is 35.6 Å². The number of aromatic nitrogens is 1. The Hall–Kier alpha value is -3.98. The van der Waals surface area contributed by atoms with Crippen molar-refractivity contribution in [2.24, 2.45) is 5.73 Å². The first-order chi connectivity index (χ1) is 17.1. The molecule has 1 aromatic heterocycles. The van der Waals surface area contributed by atoms with Gasteiger partial charge in [0.1, 0.15) is 17.7 Å². The van der Waals surface area contributed by atoms with E-state index in [4.69, 9.17) is 10.5 Å². The second-order valence-corrected chi connectivity index (χ2v) is 9.12. The standard InChI is InChI=1S/C27H35N5O4/c1-6-19-15-20(17-29-21(19)7-2)30-24(33)22(14-13-18-11-9-8-10-12-18)31-25(34)23(16-28)32-26(35)36-27(3,4)5/h6-12,15,17,22-23H,1-2,13-14,16,28H2,3-5H3,(H,30,33)(H,31,34)(H,32,35). The van der Waals surface area contributed by atoms with Gasteiger partial charge in [-0.05, 0) is 51.3 Å². The third-order valence-electron chi connectivity index (χ3n) is 5.07. The number of ether oxygens (including phenoxy) is 1. The van der Waals surface area contributed by atoms with Gasteiger partial charge in [0.2, 0.25) is 11.8 Å². The summed E-state index contributed by atoms with van der Waals surface area (Å²) in [5.74, 6) is -1.03. The molecule has 0 aliphatic carbocycles. The molecule has 0 aliphatic rings. The van der Waals surface area contributed by atoms with Crippen molar-refractivity contribution in [1.82, 2.24) is 15.6 Å². The molecule has 5 N–H and O–H groups in total. The number of nitrogens with two attached hydrogens (primary N) is 1. The molecule has 1 aromatic carbocycles. The van der Waals surface area contributed by atoms with E-state index in [2.05, 4.69) is 34.1 Å². The molecule has 36 heavy (non-hydrogen) atoms. The second-order valence-electron chi connectivity index (χ2n) is 9.12. The quantitative estimate of drug-likeness (QED) is 0.379. The minimum Gasteiger partial charge on any atom is -0.444 e. The van der Waals surface area contributed by atoms with Crippen LogP contribution in [-0.2, 0) is 20.7 Å². The highest BCUT2D eigenvalue weighted by atomic mass is 16.6. The molecular weight excluding hydrogens is 458 g/mol. The van der Waals surface area contributed by atoms with Gasteiger partial charge >= 0.3 is 6.09 Å². The topological polar surface area (TPSA) is 135 Å². The zero-order valence-corrected chi connectivity index (χ0v) is 21.0. The zero-order chi connectivity index (χ0) is 26.7. The maximum Gasteiger partial charge on any atom is 0.408 e. The molecule has 0 saturated heterocycles. The number of hydrogen-bond donors (Lipinski definition) is 4. The maximum atomic E-state index is 13.2. The van der Waals surface area contributed by atoms with Gasteiger partial charge in [-0.2, -0.15) is 0 Å². The van der Waals surface area contributed by atoms with Gasteiger partial charge in [0.25, 0.3) is 0 Å². The Bertz CT molecular complexity index is 1080. The van der Waals surface area contributed by atoms with Crippen LogP contribution in [0.4, 0.5) is 10.5 Å². The summed E-state index contributed by atoms with van der Waals surface area (Å²) in [5.41, 5.74) is 7.79. The van der Waals surface area contributed by atoms with Gasteiger partial charge in [-0.25, -0.2) is 4.79 Å². The summed E-state index contributed by atoms with van der Waals surface area (Å²) in [4.78, 5) is 42.6. The lowest BCUT2D eigenvalue weighted by molar-refractivity contribution is -0.127. The number of carbonyl (C=O) groups is 3. The van der Waals surface area contributed by atoms with Crippen molar-refractivity contribution < 1.29 is 19.1 Å². The van der Waals surface area contributed by atoms with Crippen LogP contribution in [0.3, 0.4) is 0 Å². The monoisotopic (exact) mass is 493 g/mol. The highest BCUT2D eigenvalue weighted by Crippen LogP contribution is 2.16. The van der Waals surface area contributed by atoms with Crippen LogP contribution in [0.5, 0.6) is 0 Å². The summed E-state index contributed by atoms with van der Waals surface area (Å²) in [5, 5.41) is 7.97. The predicted molar refractivity (Wildman–Crippen MR) is 142 cm³/mol. The summed E-state index contributed by atoms with van der Waals surface area (Å²) in [7, 11) is 0. The Labute approximate surface area is 212 Å². The van der Waals surface area contributed by atoms with E-state index in [9.17, 15) is 14.4 Å². The molecule has 0 aliphatic heterocycles. The number of rotatable bonds is 11. The van der Waals surface area contributed by atoms with Gasteiger partial charge in [0, 0.05) is 12.1 Å². The molecule has 0 radical (unpaired) electrons. The van der Waals surface area contributed by atoms with Crippen molar-refractivity contribution in [3.05, 3.63) is 72.6 Å².